The summed E-state index contributed by atoms with van der Waals surface area (Å²) in [7, 11) is 2.83. The second-order valence-electron chi connectivity index (χ2n) is 4.34. The van der Waals surface area contributed by atoms with E-state index in [0.29, 0.717) is 30.1 Å². The molecule has 2 N–H and O–H groups in total. The molecule has 0 saturated heterocycles. The summed E-state index contributed by atoms with van der Waals surface area (Å²) in [6.45, 7) is 0.392. The summed E-state index contributed by atoms with van der Waals surface area (Å²) in [5.74, 6) is -0.634. The largest absolute Gasteiger partial charge is 0.464 e. The number of rotatable bonds is 5. The maximum absolute atomic E-state index is 13.0. The average molecular weight is 293 g/mol. The maximum Gasteiger partial charge on any atom is 0.358 e. The van der Waals surface area contributed by atoms with Crippen molar-refractivity contribution in [3.8, 4) is 5.69 Å². The van der Waals surface area contributed by atoms with Crippen molar-refractivity contribution in [2.45, 2.75) is 6.42 Å². The minimum atomic E-state index is -0.575. The smallest absolute Gasteiger partial charge is 0.358 e. The Morgan fingerprint density at radius 1 is 1.33 bits per heavy atom. The van der Waals surface area contributed by atoms with E-state index >= 15 is 0 Å². The lowest BCUT2D eigenvalue weighted by Gasteiger charge is -2.05. The van der Waals surface area contributed by atoms with Crippen molar-refractivity contribution in [2.24, 2.45) is 0 Å². The number of carbonyl (C=O) groups excluding carboxylic acids is 1. The van der Waals surface area contributed by atoms with Crippen LogP contribution in [-0.2, 0) is 15.9 Å². The van der Waals surface area contributed by atoms with Gasteiger partial charge in [-0.2, -0.15) is 5.10 Å². The van der Waals surface area contributed by atoms with Crippen molar-refractivity contribution in [1.82, 2.24) is 9.78 Å². The van der Waals surface area contributed by atoms with E-state index in [-0.39, 0.29) is 11.5 Å². The van der Waals surface area contributed by atoms with Gasteiger partial charge in [-0.1, -0.05) is 0 Å². The third-order valence-corrected chi connectivity index (χ3v) is 3.03. The van der Waals surface area contributed by atoms with Crippen LogP contribution < -0.4 is 5.73 Å². The zero-order chi connectivity index (χ0) is 15.4. The van der Waals surface area contributed by atoms with Gasteiger partial charge in [0.1, 0.15) is 11.6 Å². The number of hydrogen-bond acceptors (Lipinski definition) is 5. The number of carbonyl (C=O) groups is 1. The fraction of sp³-hybridized carbons (Fsp3) is 0.286. The van der Waals surface area contributed by atoms with Crippen LogP contribution in [0.4, 0.5) is 10.2 Å². The highest BCUT2D eigenvalue weighted by Crippen LogP contribution is 2.22. The molecule has 21 heavy (non-hydrogen) atoms. The molecular formula is C14H16FN3O3. The molecule has 0 aliphatic carbocycles. The predicted octanol–water partition coefficient (Wildman–Crippen LogP) is 1.57. The van der Waals surface area contributed by atoms with Gasteiger partial charge < -0.3 is 15.2 Å². The first kappa shape index (κ1) is 15.0. The molecule has 0 aliphatic heterocycles. The van der Waals surface area contributed by atoms with E-state index in [1.165, 1.54) is 36.1 Å². The lowest BCUT2D eigenvalue weighted by Crippen LogP contribution is -2.07. The highest BCUT2D eigenvalue weighted by Gasteiger charge is 2.22. The molecule has 0 atom stereocenters. The van der Waals surface area contributed by atoms with Crippen LogP contribution in [0.5, 0.6) is 0 Å². The Bertz CT molecular complexity index is 638. The molecule has 2 aromatic rings. The van der Waals surface area contributed by atoms with Crippen molar-refractivity contribution in [3.63, 3.8) is 0 Å². The van der Waals surface area contributed by atoms with Crippen LogP contribution in [-0.4, -0.2) is 36.6 Å². The molecule has 2 rings (SSSR count). The number of methoxy groups -OCH3 is 2. The number of nitrogens with two attached hydrogens (primary N) is 1. The van der Waals surface area contributed by atoms with E-state index in [4.69, 9.17) is 15.2 Å². The van der Waals surface area contributed by atoms with E-state index in [0.717, 1.165) is 0 Å². The molecule has 0 spiro atoms. The standard InChI is InChI=1S/C14H16FN3O3/c1-20-8-7-11-12(14(19)21-2)17-18(13(11)16)10-5-3-9(15)4-6-10/h3-6H,7-8,16H2,1-2H3. The number of esters is 1. The molecule has 6 nitrogen and oxygen atoms in total. The van der Waals surface area contributed by atoms with Gasteiger partial charge in [0.25, 0.3) is 0 Å². The van der Waals surface area contributed by atoms with Gasteiger partial charge >= 0.3 is 5.97 Å². The molecule has 0 unspecified atom stereocenters. The monoisotopic (exact) mass is 293 g/mol. The summed E-state index contributed by atoms with van der Waals surface area (Å²) in [4.78, 5) is 11.8. The van der Waals surface area contributed by atoms with Crippen LogP contribution >= 0.6 is 0 Å². The Morgan fingerprint density at radius 2 is 2.00 bits per heavy atom. The second kappa shape index (κ2) is 6.36. The number of benzene rings is 1. The van der Waals surface area contributed by atoms with Crippen LogP contribution in [0.15, 0.2) is 24.3 Å². The maximum atomic E-state index is 13.0. The molecule has 0 bridgehead atoms. The Kier molecular flexibility index (Phi) is 4.54. The molecule has 7 heteroatoms. The number of nitrogens with zero attached hydrogens (tertiary/aromatic N) is 2. The summed E-state index contributed by atoms with van der Waals surface area (Å²) in [6, 6.07) is 5.64. The van der Waals surface area contributed by atoms with E-state index in [1.807, 2.05) is 0 Å². The minimum absolute atomic E-state index is 0.136. The molecule has 1 aromatic carbocycles. The average Bonchev–Trinajstić information content (AvgIpc) is 2.82. The lowest BCUT2D eigenvalue weighted by atomic mass is 10.1. The van der Waals surface area contributed by atoms with Gasteiger partial charge in [-0.3, -0.25) is 0 Å². The Balaban J connectivity index is 2.49. The Morgan fingerprint density at radius 3 is 2.57 bits per heavy atom. The van der Waals surface area contributed by atoms with E-state index in [2.05, 4.69) is 5.10 Å². The molecule has 0 saturated carbocycles. The summed E-state index contributed by atoms with van der Waals surface area (Å²) in [6.07, 6.45) is 0.425. The van der Waals surface area contributed by atoms with Gasteiger partial charge in [-0.25, -0.2) is 13.9 Å². The lowest BCUT2D eigenvalue weighted by molar-refractivity contribution is 0.0592. The highest BCUT2D eigenvalue weighted by atomic mass is 19.1. The molecule has 1 heterocycles. The number of nitrogen functional groups attached to an aromatic ring is 1. The minimum Gasteiger partial charge on any atom is -0.464 e. The van der Waals surface area contributed by atoms with E-state index in [9.17, 15) is 9.18 Å². The van der Waals surface area contributed by atoms with Crippen molar-refractivity contribution in [1.29, 1.82) is 0 Å². The second-order valence-corrected chi connectivity index (χ2v) is 4.34. The molecule has 0 fully saturated rings. The molecule has 0 aliphatic rings. The number of ether oxygens (including phenoxy) is 2. The van der Waals surface area contributed by atoms with Gasteiger partial charge in [-0.05, 0) is 24.3 Å². The first-order valence-corrected chi connectivity index (χ1v) is 6.29. The molecule has 112 valence electrons. The predicted molar refractivity (Wildman–Crippen MR) is 74.9 cm³/mol. The highest BCUT2D eigenvalue weighted by molar-refractivity contribution is 5.90. The fourth-order valence-corrected chi connectivity index (χ4v) is 1.95. The molecule has 0 amide bonds. The summed E-state index contributed by atoms with van der Waals surface area (Å²) in [5.41, 5.74) is 7.29. The van der Waals surface area contributed by atoms with Crippen molar-refractivity contribution >= 4 is 11.8 Å². The summed E-state index contributed by atoms with van der Waals surface area (Å²) < 4.78 is 24.1. The first-order valence-electron chi connectivity index (χ1n) is 6.29. The van der Waals surface area contributed by atoms with E-state index in [1.54, 1.807) is 7.11 Å². The molecular weight excluding hydrogens is 277 g/mol. The molecule has 1 aromatic heterocycles. The SMILES string of the molecule is COCCc1c(C(=O)OC)nn(-c2ccc(F)cc2)c1N. The normalized spacial score (nSPS) is 10.6. The van der Waals surface area contributed by atoms with Gasteiger partial charge in [0, 0.05) is 19.1 Å². The van der Waals surface area contributed by atoms with Crippen LogP contribution in [0.3, 0.4) is 0 Å². The molecule has 0 radical (unpaired) electrons. The van der Waals surface area contributed by atoms with E-state index < -0.39 is 5.97 Å². The third-order valence-electron chi connectivity index (χ3n) is 3.03. The van der Waals surface area contributed by atoms with Gasteiger partial charge in [-0.15, -0.1) is 0 Å². The van der Waals surface area contributed by atoms with Crippen LogP contribution in [0.25, 0.3) is 5.69 Å². The quantitative estimate of drug-likeness (QED) is 0.846. The van der Waals surface area contributed by atoms with Crippen molar-refractivity contribution in [3.05, 3.63) is 41.3 Å². The Hall–Kier alpha value is -2.41. The number of aromatic nitrogens is 2. The van der Waals surface area contributed by atoms with Crippen LogP contribution in [0, 0.1) is 5.82 Å². The zero-order valence-corrected chi connectivity index (χ0v) is 11.8. The van der Waals surface area contributed by atoms with Crippen LogP contribution in [0.2, 0.25) is 0 Å². The van der Waals surface area contributed by atoms with Gasteiger partial charge in [0.05, 0.1) is 19.4 Å². The van der Waals surface area contributed by atoms with Gasteiger partial charge in [0.15, 0.2) is 5.69 Å². The van der Waals surface area contributed by atoms with Crippen molar-refractivity contribution in [2.75, 3.05) is 26.6 Å². The number of anilines is 1. The summed E-state index contributed by atoms with van der Waals surface area (Å²) >= 11 is 0. The number of hydrogen-bond donors (Lipinski definition) is 1. The Labute approximate surface area is 121 Å². The third kappa shape index (κ3) is 3.03. The van der Waals surface area contributed by atoms with Gasteiger partial charge in [0.2, 0.25) is 0 Å². The zero-order valence-electron chi connectivity index (χ0n) is 11.8. The van der Waals surface area contributed by atoms with Crippen LogP contribution in [0.1, 0.15) is 16.1 Å². The van der Waals surface area contributed by atoms with Crippen molar-refractivity contribution < 1.29 is 18.7 Å². The first-order chi connectivity index (χ1) is 10.1. The summed E-state index contributed by atoms with van der Waals surface area (Å²) in [5, 5.41) is 4.17. The topological polar surface area (TPSA) is 79.4 Å². The number of halogens is 1. The fourth-order valence-electron chi connectivity index (χ4n) is 1.95.